The molecule has 1 aliphatic rings. The Hall–Kier alpha value is -3.04. The SMILES string of the molecule is Cc1cccn2c(=O)c3cc(C(=O)NC(C)C)c(N)[n+](CCN4CCOCC4)c3nc12. The van der Waals surface area contributed by atoms with Gasteiger partial charge in [-0.05, 0) is 32.9 Å². The number of fused-ring (bicyclic) bond motifs is 2. The molecule has 31 heavy (non-hydrogen) atoms. The molecule has 3 N–H and O–H groups in total. The van der Waals surface area contributed by atoms with E-state index in [1.807, 2.05) is 32.9 Å². The van der Waals surface area contributed by atoms with E-state index in [0.717, 1.165) is 25.2 Å². The Morgan fingerprint density at radius 3 is 2.81 bits per heavy atom. The van der Waals surface area contributed by atoms with Crippen molar-refractivity contribution in [3.05, 3.63) is 45.9 Å². The monoisotopic (exact) mass is 425 g/mol. The summed E-state index contributed by atoms with van der Waals surface area (Å²) in [7, 11) is 0. The lowest BCUT2D eigenvalue weighted by atomic mass is 10.1. The van der Waals surface area contributed by atoms with Crippen molar-refractivity contribution in [1.82, 2.24) is 19.6 Å². The molecule has 0 atom stereocenters. The molecule has 4 rings (SSSR count). The lowest BCUT2D eigenvalue weighted by Crippen LogP contribution is -2.48. The van der Waals surface area contributed by atoms with E-state index in [-0.39, 0.29) is 23.1 Å². The Labute approximate surface area is 180 Å². The fraction of sp³-hybridized carbons (Fsp3) is 0.455. The molecule has 0 bridgehead atoms. The van der Waals surface area contributed by atoms with Gasteiger partial charge in [0.05, 0.1) is 19.8 Å². The van der Waals surface area contributed by atoms with Crippen molar-refractivity contribution in [2.24, 2.45) is 0 Å². The van der Waals surface area contributed by atoms with Gasteiger partial charge >= 0.3 is 0 Å². The van der Waals surface area contributed by atoms with Crippen molar-refractivity contribution in [1.29, 1.82) is 0 Å². The summed E-state index contributed by atoms with van der Waals surface area (Å²) >= 11 is 0. The zero-order valence-corrected chi connectivity index (χ0v) is 18.2. The summed E-state index contributed by atoms with van der Waals surface area (Å²) in [4.78, 5) is 33.2. The summed E-state index contributed by atoms with van der Waals surface area (Å²) < 4.78 is 8.75. The fourth-order valence-corrected chi connectivity index (χ4v) is 3.92. The van der Waals surface area contributed by atoms with Crippen LogP contribution in [0.2, 0.25) is 0 Å². The molecule has 1 amide bonds. The lowest BCUT2D eigenvalue weighted by molar-refractivity contribution is -0.658. The number of nitrogen functional groups attached to an aromatic ring is 1. The highest BCUT2D eigenvalue weighted by atomic mass is 16.5. The first kappa shape index (κ1) is 21.2. The van der Waals surface area contributed by atoms with Gasteiger partial charge in [-0.15, -0.1) is 0 Å². The number of pyridine rings is 2. The first-order valence-electron chi connectivity index (χ1n) is 10.6. The second-order valence-electron chi connectivity index (χ2n) is 8.22. The highest BCUT2D eigenvalue weighted by molar-refractivity contribution is 6.00. The Balaban J connectivity index is 1.90. The minimum atomic E-state index is -0.303. The highest BCUT2D eigenvalue weighted by Gasteiger charge is 2.25. The maximum atomic E-state index is 13.3. The molecule has 1 saturated heterocycles. The number of hydrogen-bond acceptors (Lipinski definition) is 6. The van der Waals surface area contributed by atoms with E-state index < -0.39 is 0 Å². The van der Waals surface area contributed by atoms with Gasteiger partial charge in [0.15, 0.2) is 0 Å². The molecule has 0 radical (unpaired) electrons. The van der Waals surface area contributed by atoms with Crippen LogP contribution in [0.15, 0.2) is 29.2 Å². The molecule has 0 aliphatic carbocycles. The smallest absolute Gasteiger partial charge is 0.278 e. The molecule has 164 valence electrons. The summed E-state index contributed by atoms with van der Waals surface area (Å²) in [5.74, 6) is 0.00649. The Kier molecular flexibility index (Phi) is 5.88. The average molecular weight is 426 g/mol. The number of amides is 1. The van der Waals surface area contributed by atoms with E-state index in [9.17, 15) is 9.59 Å². The number of carbonyl (C=O) groups is 1. The molecule has 3 aromatic rings. The van der Waals surface area contributed by atoms with Crippen LogP contribution in [-0.4, -0.2) is 59.1 Å². The van der Waals surface area contributed by atoms with Gasteiger partial charge in [0.1, 0.15) is 10.9 Å². The molecule has 0 spiro atoms. The van der Waals surface area contributed by atoms with Gasteiger partial charge in [-0.3, -0.25) is 18.9 Å². The van der Waals surface area contributed by atoms with Crippen LogP contribution in [0.1, 0.15) is 29.8 Å². The minimum absolute atomic E-state index is 0.0529. The van der Waals surface area contributed by atoms with Crippen molar-refractivity contribution >= 4 is 28.4 Å². The first-order chi connectivity index (χ1) is 14.9. The van der Waals surface area contributed by atoms with Gasteiger partial charge < -0.3 is 15.8 Å². The summed E-state index contributed by atoms with van der Waals surface area (Å²) in [6.45, 7) is 9.98. The molecule has 9 nitrogen and oxygen atoms in total. The van der Waals surface area contributed by atoms with Crippen LogP contribution in [0.3, 0.4) is 0 Å². The zero-order valence-electron chi connectivity index (χ0n) is 18.2. The third-order valence-electron chi connectivity index (χ3n) is 5.58. The van der Waals surface area contributed by atoms with E-state index >= 15 is 0 Å². The van der Waals surface area contributed by atoms with E-state index in [2.05, 4.69) is 10.2 Å². The number of carbonyl (C=O) groups excluding carboxylic acids is 1. The normalized spacial score (nSPS) is 15.1. The Bertz CT molecular complexity index is 1200. The van der Waals surface area contributed by atoms with E-state index in [1.165, 1.54) is 4.40 Å². The molecule has 1 fully saturated rings. The second kappa shape index (κ2) is 8.60. The number of nitrogens with zero attached hydrogens (tertiary/aromatic N) is 4. The maximum Gasteiger partial charge on any atom is 0.278 e. The Morgan fingerprint density at radius 2 is 2.10 bits per heavy atom. The molecule has 9 heteroatoms. The molecule has 0 unspecified atom stereocenters. The van der Waals surface area contributed by atoms with Crippen LogP contribution < -0.4 is 21.2 Å². The van der Waals surface area contributed by atoms with Gasteiger partial charge in [-0.25, -0.2) is 4.57 Å². The van der Waals surface area contributed by atoms with Crippen LogP contribution in [0.4, 0.5) is 5.82 Å². The third-order valence-corrected chi connectivity index (χ3v) is 5.58. The van der Waals surface area contributed by atoms with Gasteiger partial charge in [-0.2, -0.15) is 0 Å². The summed E-state index contributed by atoms with van der Waals surface area (Å²) in [6, 6.07) is 5.24. The highest BCUT2D eigenvalue weighted by Crippen LogP contribution is 2.16. The quantitative estimate of drug-likeness (QED) is 0.455. The van der Waals surface area contributed by atoms with Gasteiger partial charge in [0.25, 0.3) is 17.1 Å². The lowest BCUT2D eigenvalue weighted by Gasteiger charge is -2.26. The summed E-state index contributed by atoms with van der Waals surface area (Å²) in [5.41, 5.74) is 8.52. The molecular weight excluding hydrogens is 396 g/mol. The number of aromatic nitrogens is 3. The van der Waals surface area contributed by atoms with E-state index in [0.29, 0.717) is 42.3 Å². The zero-order chi connectivity index (χ0) is 22.1. The summed E-state index contributed by atoms with van der Waals surface area (Å²) in [5, 5.41) is 3.24. The number of anilines is 1. The third kappa shape index (κ3) is 4.11. The topological polar surface area (TPSA) is 106 Å². The van der Waals surface area contributed by atoms with Crippen molar-refractivity contribution in [3.8, 4) is 0 Å². The number of morpholine rings is 1. The van der Waals surface area contributed by atoms with Crippen LogP contribution >= 0.6 is 0 Å². The first-order valence-corrected chi connectivity index (χ1v) is 10.6. The number of ether oxygens (including phenoxy) is 1. The van der Waals surface area contributed by atoms with Gasteiger partial charge in [0.2, 0.25) is 11.5 Å². The van der Waals surface area contributed by atoms with Crippen LogP contribution in [0.25, 0.3) is 16.7 Å². The largest absolute Gasteiger partial charge is 0.379 e. The van der Waals surface area contributed by atoms with Gasteiger partial charge in [-0.1, -0.05) is 11.1 Å². The standard InChI is InChI=1S/C22H28N6O3/c1-14(2)24-21(29)16-13-17-20(25-19-15(3)5-4-6-28(19)22(17)30)27(18(16)23)8-7-26-9-11-31-12-10-26/h4-6,13-14,23H,7-12H2,1-3H3,(H,24,29)/p+1. The van der Waals surface area contributed by atoms with Crippen molar-refractivity contribution < 1.29 is 14.1 Å². The van der Waals surface area contributed by atoms with E-state index in [1.54, 1.807) is 16.8 Å². The number of rotatable bonds is 5. The predicted molar refractivity (Wildman–Crippen MR) is 118 cm³/mol. The average Bonchev–Trinajstić information content (AvgIpc) is 2.74. The molecule has 0 saturated carbocycles. The summed E-state index contributed by atoms with van der Waals surface area (Å²) in [6.07, 6.45) is 1.69. The maximum absolute atomic E-state index is 13.3. The second-order valence-corrected chi connectivity index (χ2v) is 8.22. The molecular formula is C22H29N6O3+. The predicted octanol–water partition coefficient (Wildman–Crippen LogP) is 0.496. The van der Waals surface area contributed by atoms with Gasteiger partial charge in [0, 0.05) is 37.4 Å². The van der Waals surface area contributed by atoms with Crippen molar-refractivity contribution in [2.45, 2.75) is 33.4 Å². The number of nitrogens with one attached hydrogen (secondary N) is 1. The fourth-order valence-electron chi connectivity index (χ4n) is 3.92. The molecule has 1 aliphatic heterocycles. The molecule has 3 aromatic heterocycles. The minimum Gasteiger partial charge on any atom is -0.379 e. The van der Waals surface area contributed by atoms with Crippen molar-refractivity contribution in [2.75, 3.05) is 38.6 Å². The number of nitrogens with two attached hydrogens (primary N) is 1. The number of aryl methyl sites for hydroxylation is 1. The van der Waals surface area contributed by atoms with Crippen LogP contribution in [0, 0.1) is 6.92 Å². The Morgan fingerprint density at radius 1 is 1.35 bits per heavy atom. The molecule has 4 heterocycles. The van der Waals surface area contributed by atoms with E-state index in [4.69, 9.17) is 15.5 Å². The van der Waals surface area contributed by atoms with Crippen LogP contribution in [0.5, 0.6) is 0 Å². The number of hydrogen-bond donors (Lipinski definition) is 2. The molecule has 0 aromatic carbocycles. The van der Waals surface area contributed by atoms with Crippen molar-refractivity contribution in [3.63, 3.8) is 0 Å². The van der Waals surface area contributed by atoms with Crippen LogP contribution in [-0.2, 0) is 11.3 Å².